The number of carbonyl (C=O) groups is 1. The van der Waals surface area contributed by atoms with Crippen LogP contribution in [0.1, 0.15) is 94.1 Å². The molecule has 1 unspecified atom stereocenters. The summed E-state index contributed by atoms with van der Waals surface area (Å²) < 4.78 is 48.8. The van der Waals surface area contributed by atoms with Crippen LogP contribution >= 0.6 is 11.6 Å². The lowest BCUT2D eigenvalue weighted by Crippen LogP contribution is -2.50. The van der Waals surface area contributed by atoms with E-state index in [4.69, 9.17) is 25.8 Å². The third-order valence-corrected chi connectivity index (χ3v) is 14.4. The van der Waals surface area contributed by atoms with Crippen LogP contribution in [0.15, 0.2) is 36.4 Å². The molecular formula is C37H49ClN2O6S. The molecule has 1 saturated carbocycles. The Labute approximate surface area is 284 Å². The minimum atomic E-state index is -3.89. The topological polar surface area (TPSA) is 94.2 Å². The number of sulfonamides is 1. The summed E-state index contributed by atoms with van der Waals surface area (Å²) in [5, 5.41) is 0.0370. The molecule has 2 aromatic carbocycles. The van der Waals surface area contributed by atoms with Crippen LogP contribution in [-0.4, -0.2) is 57.8 Å². The number of nitrogens with one attached hydrogen (secondary N) is 1. The molecular weight excluding hydrogens is 636 g/mol. The maximum Gasteiger partial charge on any atom is 0.264 e. The molecule has 3 heterocycles. The Morgan fingerprint density at radius 2 is 1.72 bits per heavy atom. The van der Waals surface area contributed by atoms with Crippen molar-refractivity contribution in [1.29, 1.82) is 0 Å². The van der Waals surface area contributed by atoms with Crippen molar-refractivity contribution in [2.75, 3.05) is 24.6 Å². The number of rotatable bonds is 1. The number of anilines is 1. The van der Waals surface area contributed by atoms with Crippen LogP contribution in [0.5, 0.6) is 5.75 Å². The molecule has 256 valence electrons. The van der Waals surface area contributed by atoms with Crippen molar-refractivity contribution in [2.24, 2.45) is 23.7 Å². The Morgan fingerprint density at radius 1 is 0.936 bits per heavy atom. The van der Waals surface area contributed by atoms with E-state index in [0.717, 1.165) is 80.9 Å². The van der Waals surface area contributed by atoms with E-state index in [9.17, 15) is 13.2 Å². The van der Waals surface area contributed by atoms with Crippen molar-refractivity contribution in [3.05, 3.63) is 58.1 Å². The Balaban J connectivity index is 1.29. The zero-order chi connectivity index (χ0) is 33.1. The highest BCUT2D eigenvalue weighted by atomic mass is 35.5. The first kappa shape index (κ1) is 33.2. The van der Waals surface area contributed by atoms with E-state index in [1.165, 1.54) is 11.1 Å². The number of nitrogens with zero attached hydrogens (tertiary/aromatic N) is 1. The molecule has 3 aliphatic heterocycles. The first-order valence-corrected chi connectivity index (χ1v) is 19.5. The average Bonchev–Trinajstić information content (AvgIpc) is 3.28. The van der Waals surface area contributed by atoms with Gasteiger partial charge in [0.2, 0.25) is 10.0 Å². The fourth-order valence-electron chi connectivity index (χ4n) is 8.85. The molecule has 0 aromatic heterocycles. The van der Waals surface area contributed by atoms with E-state index in [1.807, 2.05) is 25.1 Å². The van der Waals surface area contributed by atoms with E-state index in [-0.39, 0.29) is 35.7 Å². The van der Waals surface area contributed by atoms with E-state index in [0.29, 0.717) is 24.0 Å². The van der Waals surface area contributed by atoms with Gasteiger partial charge in [-0.1, -0.05) is 31.0 Å². The van der Waals surface area contributed by atoms with Gasteiger partial charge in [-0.2, -0.15) is 0 Å². The maximum absolute atomic E-state index is 13.5. The van der Waals surface area contributed by atoms with E-state index < -0.39 is 21.2 Å². The Morgan fingerprint density at radius 3 is 2.47 bits per heavy atom. The van der Waals surface area contributed by atoms with Gasteiger partial charge in [0.25, 0.3) is 5.91 Å². The smallest absolute Gasteiger partial charge is 0.264 e. The van der Waals surface area contributed by atoms with E-state index >= 15 is 0 Å². The number of benzene rings is 2. The minimum absolute atomic E-state index is 0.0411. The average molecular weight is 685 g/mol. The number of halogens is 1. The van der Waals surface area contributed by atoms with Crippen molar-refractivity contribution < 1.29 is 27.4 Å². The molecule has 7 rings (SSSR count). The molecule has 2 fully saturated rings. The van der Waals surface area contributed by atoms with Crippen LogP contribution in [0.25, 0.3) is 0 Å². The van der Waals surface area contributed by atoms with Gasteiger partial charge >= 0.3 is 0 Å². The molecule has 5 aliphatic rings. The van der Waals surface area contributed by atoms with Gasteiger partial charge in [0, 0.05) is 35.0 Å². The van der Waals surface area contributed by atoms with Gasteiger partial charge in [0.05, 0.1) is 29.8 Å². The summed E-state index contributed by atoms with van der Waals surface area (Å²) in [5.74, 6) is 1.09. The second-order valence-electron chi connectivity index (χ2n) is 15.1. The number of hydrogen-bond acceptors (Lipinski definition) is 7. The monoisotopic (exact) mass is 684 g/mol. The summed E-state index contributed by atoms with van der Waals surface area (Å²) in [6, 6.07) is 11.6. The van der Waals surface area contributed by atoms with Crippen molar-refractivity contribution in [3.8, 4) is 5.75 Å². The van der Waals surface area contributed by atoms with Crippen molar-refractivity contribution in [1.82, 2.24) is 4.72 Å². The predicted octanol–water partition coefficient (Wildman–Crippen LogP) is 6.87. The third kappa shape index (κ3) is 6.30. The number of aryl methyl sites for hydroxylation is 1. The van der Waals surface area contributed by atoms with Gasteiger partial charge < -0.3 is 19.1 Å². The first-order chi connectivity index (χ1) is 22.4. The standard InChI is InChI=1S/C37H49ClN2O6S/c1-22-7-5-9-31(36-45-23(2)24(3)46-36)30-13-10-28(30)19-40-20-37(16-6-8-26-17-29(38)12-14-32(26)37)21-44-34-15-11-27(18-33(34)40)35(41)39-47(42,43)25(22)4/h11-12,14-15,17-18,22-25,28,30-31,36H,5-10,13,16,19-21H2,1-4H3,(H,39,41)/t22-,23-,24+,25+,28-,30+,31+,36?,37-/m0/s1. The molecule has 8 nitrogen and oxygen atoms in total. The molecule has 0 radical (unpaired) electrons. The van der Waals surface area contributed by atoms with Crippen LogP contribution in [0, 0.1) is 23.7 Å². The lowest BCUT2D eigenvalue weighted by Gasteiger charge is -2.47. The quantitative estimate of drug-likeness (QED) is 0.350. The lowest BCUT2D eigenvalue weighted by atomic mass is 9.64. The van der Waals surface area contributed by atoms with Crippen LogP contribution in [-0.2, 0) is 31.3 Å². The molecule has 9 atom stereocenters. The molecule has 2 aromatic rings. The summed E-state index contributed by atoms with van der Waals surface area (Å²) in [5.41, 5.74) is 3.50. The zero-order valence-electron chi connectivity index (χ0n) is 28.0. The molecule has 1 amide bonds. The Bertz CT molecular complexity index is 1610. The summed E-state index contributed by atoms with van der Waals surface area (Å²) in [6.07, 6.45) is 7.63. The maximum atomic E-state index is 13.5. The summed E-state index contributed by atoms with van der Waals surface area (Å²) in [4.78, 5) is 16.0. The normalized spacial score (nSPS) is 37.1. The van der Waals surface area contributed by atoms with E-state index in [1.54, 1.807) is 13.0 Å². The summed E-state index contributed by atoms with van der Waals surface area (Å²) in [7, 11) is -3.89. The fraction of sp³-hybridized carbons (Fsp3) is 0.649. The molecule has 10 heteroatoms. The number of carbonyl (C=O) groups excluding carboxylic acids is 1. The van der Waals surface area contributed by atoms with Gasteiger partial charge in [-0.3, -0.25) is 4.79 Å². The van der Waals surface area contributed by atoms with Gasteiger partial charge in [-0.25, -0.2) is 13.1 Å². The van der Waals surface area contributed by atoms with Gasteiger partial charge in [0.15, 0.2) is 6.29 Å². The Kier molecular flexibility index (Phi) is 9.07. The zero-order valence-corrected chi connectivity index (χ0v) is 29.6. The fourth-order valence-corrected chi connectivity index (χ4v) is 10.4. The highest BCUT2D eigenvalue weighted by Crippen LogP contribution is 2.49. The summed E-state index contributed by atoms with van der Waals surface area (Å²) in [6.45, 7) is 9.93. The van der Waals surface area contributed by atoms with Crippen molar-refractivity contribution in [2.45, 2.75) is 108 Å². The third-order valence-electron chi connectivity index (χ3n) is 12.2. The number of fused-ring (bicyclic) bond motifs is 4. The van der Waals surface area contributed by atoms with Crippen molar-refractivity contribution in [3.63, 3.8) is 0 Å². The van der Waals surface area contributed by atoms with Crippen LogP contribution in [0.3, 0.4) is 0 Å². The largest absolute Gasteiger partial charge is 0.490 e. The van der Waals surface area contributed by atoms with Gasteiger partial charge in [-0.15, -0.1) is 0 Å². The second kappa shape index (κ2) is 12.8. The van der Waals surface area contributed by atoms with Crippen LogP contribution in [0.4, 0.5) is 5.69 Å². The number of hydrogen-bond donors (Lipinski definition) is 1. The SMILES string of the molecule is C[C@@H]1OC([C@@H]2CCC[C@H](C)[C@@H](C)S(=O)(=O)NC(=O)c3ccc4c(c3)N(C[C@@H]3CC[C@H]32)C[C@@]2(CCCc3cc(Cl)ccc32)CO4)O[C@@H]1C. The molecule has 1 spiro atoms. The highest BCUT2D eigenvalue weighted by Gasteiger charge is 2.48. The predicted molar refractivity (Wildman–Crippen MR) is 184 cm³/mol. The van der Waals surface area contributed by atoms with E-state index in [2.05, 4.69) is 35.6 Å². The molecule has 2 aliphatic carbocycles. The Hall–Kier alpha value is -2.33. The lowest BCUT2D eigenvalue weighted by molar-refractivity contribution is -0.137. The molecule has 1 N–H and O–H groups in total. The molecule has 1 saturated heterocycles. The molecule has 47 heavy (non-hydrogen) atoms. The summed E-state index contributed by atoms with van der Waals surface area (Å²) >= 11 is 6.46. The number of amides is 1. The second-order valence-corrected chi connectivity index (χ2v) is 17.6. The first-order valence-electron chi connectivity index (χ1n) is 17.6. The number of ether oxygens (including phenoxy) is 3. The van der Waals surface area contributed by atoms with Gasteiger partial charge in [-0.05, 0) is 125 Å². The van der Waals surface area contributed by atoms with Gasteiger partial charge in [0.1, 0.15) is 5.75 Å². The van der Waals surface area contributed by atoms with Crippen molar-refractivity contribution >= 4 is 33.2 Å². The molecule has 2 bridgehead atoms. The van der Waals surface area contributed by atoms with Crippen LogP contribution in [0.2, 0.25) is 5.02 Å². The highest BCUT2D eigenvalue weighted by molar-refractivity contribution is 7.90. The van der Waals surface area contributed by atoms with Crippen LogP contribution < -0.4 is 14.4 Å². The minimum Gasteiger partial charge on any atom is -0.490 e.